The molecule has 0 aliphatic rings. The first-order chi connectivity index (χ1) is 13.3. The van der Waals surface area contributed by atoms with E-state index in [1.807, 2.05) is 44.1 Å². The molecule has 2 aromatic rings. The number of anilines is 1. The van der Waals surface area contributed by atoms with Crippen LogP contribution in [0.4, 0.5) is 5.69 Å². The van der Waals surface area contributed by atoms with Gasteiger partial charge < -0.3 is 15.0 Å². The van der Waals surface area contributed by atoms with Gasteiger partial charge in [0.25, 0.3) is 5.91 Å². The van der Waals surface area contributed by atoms with Crippen LogP contribution in [0.1, 0.15) is 48.3 Å². The van der Waals surface area contributed by atoms with Crippen molar-refractivity contribution >= 4 is 17.6 Å². The molecule has 1 N–H and O–H groups in total. The molecule has 150 valence electrons. The Labute approximate surface area is 167 Å². The summed E-state index contributed by atoms with van der Waals surface area (Å²) in [5.74, 6) is -0.225. The Kier molecular flexibility index (Phi) is 7.61. The lowest BCUT2D eigenvalue weighted by Crippen LogP contribution is -2.31. The molecule has 0 aromatic heterocycles. The lowest BCUT2D eigenvalue weighted by atomic mass is 10.00. The number of nitrogens with zero attached hydrogens (tertiary/aromatic N) is 1. The summed E-state index contributed by atoms with van der Waals surface area (Å²) >= 11 is 0. The van der Waals surface area contributed by atoms with Crippen LogP contribution in [0.3, 0.4) is 0 Å². The van der Waals surface area contributed by atoms with Crippen molar-refractivity contribution in [1.82, 2.24) is 5.32 Å². The number of rotatable bonds is 8. The molecule has 5 heteroatoms. The Morgan fingerprint density at radius 1 is 1.04 bits per heavy atom. The van der Waals surface area contributed by atoms with Crippen molar-refractivity contribution in [3.8, 4) is 0 Å². The SMILES string of the molecule is CC(C)Cc1ccc([C@H](C)NC(=O)COC(=O)c2cccc(N(C)C)c2)cc1. The molecule has 0 heterocycles. The van der Waals surface area contributed by atoms with E-state index < -0.39 is 5.97 Å². The van der Waals surface area contributed by atoms with E-state index in [9.17, 15) is 9.59 Å². The molecule has 0 fully saturated rings. The Morgan fingerprint density at radius 3 is 2.32 bits per heavy atom. The number of hydrogen-bond acceptors (Lipinski definition) is 4. The van der Waals surface area contributed by atoms with Crippen LogP contribution in [0.2, 0.25) is 0 Å². The molecule has 28 heavy (non-hydrogen) atoms. The number of esters is 1. The smallest absolute Gasteiger partial charge is 0.338 e. The Balaban J connectivity index is 1.86. The zero-order chi connectivity index (χ0) is 20.7. The average Bonchev–Trinajstić information content (AvgIpc) is 2.66. The molecule has 0 radical (unpaired) electrons. The molecular weight excluding hydrogens is 352 g/mol. The predicted octanol–water partition coefficient (Wildman–Crippen LogP) is 3.99. The predicted molar refractivity (Wildman–Crippen MR) is 113 cm³/mol. The van der Waals surface area contributed by atoms with Crippen LogP contribution in [0.25, 0.3) is 0 Å². The second-order valence-corrected chi connectivity index (χ2v) is 7.65. The summed E-state index contributed by atoms with van der Waals surface area (Å²) in [7, 11) is 3.79. The van der Waals surface area contributed by atoms with Crippen molar-refractivity contribution in [1.29, 1.82) is 0 Å². The normalized spacial score (nSPS) is 11.8. The third kappa shape index (κ3) is 6.41. The summed E-state index contributed by atoms with van der Waals surface area (Å²) in [6.07, 6.45) is 1.03. The van der Waals surface area contributed by atoms with Crippen molar-refractivity contribution < 1.29 is 14.3 Å². The van der Waals surface area contributed by atoms with Crippen LogP contribution in [0.5, 0.6) is 0 Å². The van der Waals surface area contributed by atoms with Gasteiger partial charge in [-0.1, -0.05) is 44.2 Å². The number of hydrogen-bond donors (Lipinski definition) is 1. The maximum atomic E-state index is 12.2. The summed E-state index contributed by atoms with van der Waals surface area (Å²) in [5, 5.41) is 2.87. The van der Waals surface area contributed by atoms with Gasteiger partial charge in [0.1, 0.15) is 0 Å². The van der Waals surface area contributed by atoms with E-state index in [-0.39, 0.29) is 18.6 Å². The highest BCUT2D eigenvalue weighted by Gasteiger charge is 2.14. The van der Waals surface area contributed by atoms with Crippen LogP contribution in [0.15, 0.2) is 48.5 Å². The first-order valence-corrected chi connectivity index (χ1v) is 9.59. The van der Waals surface area contributed by atoms with Crippen molar-refractivity contribution in [2.75, 3.05) is 25.6 Å². The lowest BCUT2D eigenvalue weighted by Gasteiger charge is -2.16. The van der Waals surface area contributed by atoms with Gasteiger partial charge >= 0.3 is 5.97 Å². The molecule has 0 saturated carbocycles. The van der Waals surface area contributed by atoms with Crippen LogP contribution in [-0.4, -0.2) is 32.6 Å². The van der Waals surface area contributed by atoms with Crippen LogP contribution in [-0.2, 0) is 16.0 Å². The van der Waals surface area contributed by atoms with Crippen LogP contribution < -0.4 is 10.2 Å². The summed E-state index contributed by atoms with van der Waals surface area (Å²) in [6, 6.07) is 15.2. The number of carbonyl (C=O) groups is 2. The van der Waals surface area contributed by atoms with E-state index in [4.69, 9.17) is 4.74 Å². The van der Waals surface area contributed by atoms with Gasteiger partial charge in [-0.05, 0) is 48.6 Å². The van der Waals surface area contributed by atoms with Crippen LogP contribution >= 0.6 is 0 Å². The molecule has 1 atom stereocenters. The lowest BCUT2D eigenvalue weighted by molar-refractivity contribution is -0.124. The van der Waals surface area contributed by atoms with Crippen LogP contribution in [0, 0.1) is 5.92 Å². The number of carbonyl (C=O) groups excluding carboxylic acids is 2. The molecule has 2 aromatic carbocycles. The van der Waals surface area contributed by atoms with Crippen molar-refractivity contribution in [2.45, 2.75) is 33.2 Å². The highest BCUT2D eigenvalue weighted by molar-refractivity contribution is 5.92. The number of amides is 1. The monoisotopic (exact) mass is 382 g/mol. The zero-order valence-electron chi connectivity index (χ0n) is 17.4. The molecule has 0 unspecified atom stereocenters. The van der Waals surface area contributed by atoms with Crippen molar-refractivity contribution in [3.63, 3.8) is 0 Å². The Hall–Kier alpha value is -2.82. The highest BCUT2D eigenvalue weighted by Crippen LogP contribution is 2.16. The van der Waals surface area contributed by atoms with Gasteiger partial charge in [-0.15, -0.1) is 0 Å². The number of benzene rings is 2. The van der Waals surface area contributed by atoms with Gasteiger partial charge in [-0.3, -0.25) is 4.79 Å². The number of ether oxygens (including phenoxy) is 1. The molecular formula is C23H30N2O3. The van der Waals surface area contributed by atoms with E-state index in [0.29, 0.717) is 11.5 Å². The van der Waals surface area contributed by atoms with E-state index in [1.165, 1.54) is 5.56 Å². The molecule has 1 amide bonds. The maximum absolute atomic E-state index is 12.2. The van der Waals surface area contributed by atoms with E-state index >= 15 is 0 Å². The first-order valence-electron chi connectivity index (χ1n) is 9.59. The van der Waals surface area contributed by atoms with E-state index in [2.05, 4.69) is 31.3 Å². The van der Waals surface area contributed by atoms with Crippen molar-refractivity contribution in [3.05, 3.63) is 65.2 Å². The van der Waals surface area contributed by atoms with Gasteiger partial charge in [0, 0.05) is 19.8 Å². The third-order valence-corrected chi connectivity index (χ3v) is 4.43. The molecule has 0 aliphatic heterocycles. The zero-order valence-corrected chi connectivity index (χ0v) is 17.4. The minimum atomic E-state index is -0.510. The first kappa shape index (κ1) is 21.5. The summed E-state index contributed by atoms with van der Waals surface area (Å²) in [5.41, 5.74) is 3.62. The fourth-order valence-electron chi connectivity index (χ4n) is 2.91. The number of nitrogens with one attached hydrogen (secondary N) is 1. The second kappa shape index (κ2) is 9.93. The highest BCUT2D eigenvalue weighted by atomic mass is 16.5. The standard InChI is InChI=1S/C23H30N2O3/c1-16(2)13-18-9-11-19(12-10-18)17(3)24-22(26)15-28-23(27)20-7-6-8-21(14-20)25(4)5/h6-12,14,16-17H,13,15H2,1-5H3,(H,24,26)/t17-/m0/s1. The minimum absolute atomic E-state index is 0.156. The summed E-state index contributed by atoms with van der Waals surface area (Å²) in [4.78, 5) is 26.2. The molecule has 0 spiro atoms. The topological polar surface area (TPSA) is 58.6 Å². The Morgan fingerprint density at radius 2 is 1.71 bits per heavy atom. The quantitative estimate of drug-likeness (QED) is 0.702. The third-order valence-electron chi connectivity index (χ3n) is 4.43. The van der Waals surface area contributed by atoms with Gasteiger partial charge in [0.05, 0.1) is 11.6 Å². The largest absolute Gasteiger partial charge is 0.452 e. The molecule has 0 bridgehead atoms. The summed E-state index contributed by atoms with van der Waals surface area (Å²) < 4.78 is 5.15. The molecule has 2 rings (SSSR count). The fourth-order valence-corrected chi connectivity index (χ4v) is 2.91. The van der Waals surface area contributed by atoms with E-state index in [1.54, 1.807) is 18.2 Å². The summed E-state index contributed by atoms with van der Waals surface area (Å²) in [6.45, 7) is 5.99. The average molecular weight is 383 g/mol. The molecule has 0 aliphatic carbocycles. The van der Waals surface area contributed by atoms with E-state index in [0.717, 1.165) is 17.7 Å². The second-order valence-electron chi connectivity index (χ2n) is 7.65. The van der Waals surface area contributed by atoms with Gasteiger partial charge in [-0.2, -0.15) is 0 Å². The van der Waals surface area contributed by atoms with Gasteiger partial charge in [0.15, 0.2) is 6.61 Å². The van der Waals surface area contributed by atoms with Gasteiger partial charge in [0.2, 0.25) is 0 Å². The minimum Gasteiger partial charge on any atom is -0.452 e. The maximum Gasteiger partial charge on any atom is 0.338 e. The van der Waals surface area contributed by atoms with Crippen molar-refractivity contribution in [2.24, 2.45) is 5.92 Å². The fraction of sp³-hybridized carbons (Fsp3) is 0.391. The molecule has 5 nitrogen and oxygen atoms in total. The van der Waals surface area contributed by atoms with Gasteiger partial charge in [-0.25, -0.2) is 4.79 Å². The Bertz CT molecular complexity index is 798. The molecule has 0 saturated heterocycles.